The molecule has 0 aliphatic carbocycles. The third-order valence-electron chi connectivity index (χ3n) is 3.63. The van der Waals surface area contributed by atoms with Crippen molar-refractivity contribution in [1.29, 1.82) is 0 Å². The lowest BCUT2D eigenvalue weighted by atomic mass is 10.2. The molecule has 2 aromatic carbocycles. The first-order valence-electron chi connectivity index (χ1n) is 7.31. The molecule has 4 aromatic rings. The highest BCUT2D eigenvalue weighted by atomic mass is 35.5. The van der Waals surface area contributed by atoms with Crippen molar-refractivity contribution in [3.63, 3.8) is 0 Å². The first-order valence-corrected chi connectivity index (χ1v) is 7.69. The number of benzene rings is 2. The summed E-state index contributed by atoms with van der Waals surface area (Å²) in [4.78, 5) is 8.67. The zero-order chi connectivity index (χ0) is 16.5. The molecule has 7 heteroatoms. The van der Waals surface area contributed by atoms with Crippen molar-refractivity contribution in [1.82, 2.24) is 19.7 Å². The monoisotopic (exact) mass is 340 g/mol. The first-order chi connectivity index (χ1) is 11.7. The molecule has 0 unspecified atom stereocenters. The van der Waals surface area contributed by atoms with Crippen molar-refractivity contribution in [3.8, 4) is 17.1 Å². The van der Waals surface area contributed by atoms with Crippen LogP contribution in [0.2, 0.25) is 5.02 Å². The number of fused-ring (bicyclic) bond motifs is 1. The van der Waals surface area contributed by atoms with Gasteiger partial charge in [0.05, 0.1) is 17.4 Å². The van der Waals surface area contributed by atoms with Gasteiger partial charge in [0.15, 0.2) is 6.61 Å². The van der Waals surface area contributed by atoms with E-state index < -0.39 is 0 Å². The summed E-state index contributed by atoms with van der Waals surface area (Å²) in [6.07, 6.45) is 1.77. The third kappa shape index (κ3) is 2.83. The van der Waals surface area contributed by atoms with Crippen molar-refractivity contribution >= 4 is 22.6 Å². The van der Waals surface area contributed by atoms with Crippen LogP contribution < -0.4 is 4.74 Å². The normalized spacial score (nSPS) is 11.1. The van der Waals surface area contributed by atoms with Crippen molar-refractivity contribution < 1.29 is 9.26 Å². The molecule has 0 radical (unpaired) electrons. The van der Waals surface area contributed by atoms with E-state index >= 15 is 0 Å². The van der Waals surface area contributed by atoms with E-state index in [9.17, 15) is 0 Å². The number of nitrogens with zero attached hydrogens (tertiary/aromatic N) is 4. The summed E-state index contributed by atoms with van der Waals surface area (Å²) in [6.45, 7) is 0.197. The Labute approximate surface area is 142 Å². The Balaban J connectivity index is 1.52. The smallest absolute Gasteiger partial charge is 0.264 e. The van der Waals surface area contributed by atoms with E-state index in [2.05, 4.69) is 15.1 Å². The Morgan fingerprint density at radius 3 is 2.83 bits per heavy atom. The molecule has 24 heavy (non-hydrogen) atoms. The van der Waals surface area contributed by atoms with Gasteiger partial charge in [-0.05, 0) is 42.5 Å². The summed E-state index contributed by atoms with van der Waals surface area (Å²) in [6, 6.07) is 12.9. The summed E-state index contributed by atoms with van der Waals surface area (Å²) in [5.41, 5.74) is 2.81. The van der Waals surface area contributed by atoms with Gasteiger partial charge in [-0.15, -0.1) is 0 Å². The summed E-state index contributed by atoms with van der Waals surface area (Å²) in [5, 5.41) is 4.68. The Hall–Kier alpha value is -2.86. The highest BCUT2D eigenvalue weighted by Crippen LogP contribution is 2.22. The van der Waals surface area contributed by atoms with Crippen LogP contribution in [0, 0.1) is 0 Å². The number of ether oxygens (including phenoxy) is 1. The molecule has 0 saturated carbocycles. The van der Waals surface area contributed by atoms with Gasteiger partial charge in [0, 0.05) is 17.6 Å². The largest absolute Gasteiger partial charge is 0.484 e. The molecule has 0 atom stereocenters. The summed E-state index contributed by atoms with van der Waals surface area (Å²) < 4.78 is 12.8. The highest BCUT2D eigenvalue weighted by Gasteiger charge is 2.11. The fourth-order valence-electron chi connectivity index (χ4n) is 2.37. The zero-order valence-electron chi connectivity index (χ0n) is 12.8. The second-order valence-corrected chi connectivity index (χ2v) is 5.75. The van der Waals surface area contributed by atoms with Gasteiger partial charge in [-0.1, -0.05) is 16.8 Å². The quantitative estimate of drug-likeness (QED) is 0.564. The topological polar surface area (TPSA) is 66.0 Å². The van der Waals surface area contributed by atoms with E-state index in [0.29, 0.717) is 22.5 Å². The molecule has 4 rings (SSSR count). The molecule has 120 valence electrons. The van der Waals surface area contributed by atoms with Crippen LogP contribution in [0.25, 0.3) is 22.4 Å². The molecule has 0 spiro atoms. The zero-order valence-corrected chi connectivity index (χ0v) is 13.6. The second-order valence-electron chi connectivity index (χ2n) is 5.31. The fourth-order valence-corrected chi connectivity index (χ4v) is 2.50. The van der Waals surface area contributed by atoms with Gasteiger partial charge in [0.2, 0.25) is 5.82 Å². The van der Waals surface area contributed by atoms with Gasteiger partial charge >= 0.3 is 0 Å². The molecule has 0 fully saturated rings. The molecule has 2 heterocycles. The minimum atomic E-state index is 0.197. The lowest BCUT2D eigenvalue weighted by molar-refractivity contribution is 0.243. The number of aryl methyl sites for hydroxylation is 1. The summed E-state index contributed by atoms with van der Waals surface area (Å²) in [5.74, 6) is 1.62. The average molecular weight is 341 g/mol. The molecule has 0 aliphatic heterocycles. The van der Waals surface area contributed by atoms with Crippen LogP contribution in [0.4, 0.5) is 0 Å². The Morgan fingerprint density at radius 2 is 2.00 bits per heavy atom. The van der Waals surface area contributed by atoms with Gasteiger partial charge in [-0.2, -0.15) is 4.98 Å². The highest BCUT2D eigenvalue weighted by molar-refractivity contribution is 6.30. The van der Waals surface area contributed by atoms with Crippen LogP contribution in [0.3, 0.4) is 0 Å². The van der Waals surface area contributed by atoms with Crippen LogP contribution in [0.1, 0.15) is 5.89 Å². The molecule has 0 saturated heterocycles. The van der Waals surface area contributed by atoms with Crippen LogP contribution >= 0.6 is 11.6 Å². The number of imidazole rings is 1. The van der Waals surface area contributed by atoms with Gasteiger partial charge in [-0.25, -0.2) is 4.98 Å². The lowest BCUT2D eigenvalue weighted by Crippen LogP contribution is -1.95. The molecule has 0 N–H and O–H groups in total. The molecule has 0 aliphatic rings. The Morgan fingerprint density at radius 1 is 1.17 bits per heavy atom. The van der Waals surface area contributed by atoms with Crippen LogP contribution in [-0.2, 0) is 13.7 Å². The Bertz CT molecular complexity index is 991. The number of hydrogen-bond donors (Lipinski definition) is 0. The van der Waals surface area contributed by atoms with Crippen molar-refractivity contribution in [2.24, 2.45) is 7.05 Å². The molecule has 0 amide bonds. The first kappa shape index (κ1) is 14.7. The van der Waals surface area contributed by atoms with E-state index in [1.165, 1.54) is 0 Å². The van der Waals surface area contributed by atoms with Gasteiger partial charge in [0.1, 0.15) is 5.75 Å². The molecule has 6 nitrogen and oxygen atoms in total. The number of halogens is 1. The minimum Gasteiger partial charge on any atom is -0.484 e. The maximum Gasteiger partial charge on any atom is 0.264 e. The lowest BCUT2D eigenvalue weighted by Gasteiger charge is -2.02. The average Bonchev–Trinajstić information content (AvgIpc) is 3.21. The minimum absolute atomic E-state index is 0.197. The molecular formula is C17H13ClN4O2. The SMILES string of the molecule is Cn1cnc2ccc(-c3noc(COc4ccc(Cl)cc4)n3)cc21. The van der Waals surface area contributed by atoms with Crippen molar-refractivity contribution in [3.05, 3.63) is 59.7 Å². The summed E-state index contributed by atoms with van der Waals surface area (Å²) >= 11 is 5.84. The third-order valence-corrected chi connectivity index (χ3v) is 3.88. The van der Waals surface area contributed by atoms with E-state index in [0.717, 1.165) is 16.6 Å². The molecule has 0 bridgehead atoms. The van der Waals surface area contributed by atoms with E-state index in [4.69, 9.17) is 20.9 Å². The molecule has 2 aromatic heterocycles. The maximum absolute atomic E-state index is 5.84. The van der Waals surface area contributed by atoms with E-state index in [1.807, 2.05) is 29.8 Å². The van der Waals surface area contributed by atoms with Gasteiger partial charge in [-0.3, -0.25) is 0 Å². The Kier molecular flexibility index (Phi) is 3.66. The maximum atomic E-state index is 5.84. The van der Waals surface area contributed by atoms with E-state index in [-0.39, 0.29) is 6.61 Å². The predicted octanol–water partition coefficient (Wildman–Crippen LogP) is 3.86. The standard InChI is InChI=1S/C17H13ClN4O2/c1-22-10-19-14-7-2-11(8-15(14)22)17-20-16(24-21-17)9-23-13-5-3-12(18)4-6-13/h2-8,10H,9H2,1H3. The number of hydrogen-bond acceptors (Lipinski definition) is 5. The second kappa shape index (κ2) is 5.98. The predicted molar refractivity (Wildman–Crippen MR) is 89.8 cm³/mol. The van der Waals surface area contributed by atoms with Gasteiger partial charge < -0.3 is 13.8 Å². The van der Waals surface area contributed by atoms with Crippen LogP contribution in [-0.4, -0.2) is 19.7 Å². The van der Waals surface area contributed by atoms with Gasteiger partial charge in [0.25, 0.3) is 5.89 Å². The van der Waals surface area contributed by atoms with Crippen molar-refractivity contribution in [2.75, 3.05) is 0 Å². The van der Waals surface area contributed by atoms with Crippen LogP contribution in [0.5, 0.6) is 5.75 Å². The van der Waals surface area contributed by atoms with Crippen molar-refractivity contribution in [2.45, 2.75) is 6.61 Å². The van der Waals surface area contributed by atoms with E-state index in [1.54, 1.807) is 30.6 Å². The van der Waals surface area contributed by atoms with Crippen LogP contribution in [0.15, 0.2) is 53.3 Å². The fraction of sp³-hybridized carbons (Fsp3) is 0.118. The number of rotatable bonds is 4. The summed E-state index contributed by atoms with van der Waals surface area (Å²) in [7, 11) is 1.95. The number of aromatic nitrogens is 4. The molecular weight excluding hydrogens is 328 g/mol.